The Balaban J connectivity index is 0.00000320. The predicted octanol–water partition coefficient (Wildman–Crippen LogP) is 4.00. The highest BCUT2D eigenvalue weighted by atomic mass is 127. The van der Waals surface area contributed by atoms with Gasteiger partial charge in [0.25, 0.3) is 5.91 Å². The van der Waals surface area contributed by atoms with Crippen molar-refractivity contribution in [3.05, 3.63) is 95.8 Å². The molecule has 3 rings (SSSR count). The molecule has 2 aromatic carbocycles. The van der Waals surface area contributed by atoms with Crippen molar-refractivity contribution in [2.75, 3.05) is 18.4 Å². The smallest absolute Gasteiger partial charge is 0.252 e. The van der Waals surface area contributed by atoms with E-state index in [1.807, 2.05) is 30.3 Å². The lowest BCUT2D eigenvalue weighted by Gasteiger charge is -2.13. The van der Waals surface area contributed by atoms with Gasteiger partial charge in [-0.05, 0) is 36.8 Å². The first kappa shape index (κ1) is 23.3. The molecule has 0 unspecified atom stereocenters. The quantitative estimate of drug-likeness (QED) is 0.193. The van der Waals surface area contributed by atoms with Gasteiger partial charge >= 0.3 is 0 Å². The molecule has 0 aliphatic heterocycles. The number of nitrogens with one attached hydrogen (secondary N) is 3. The van der Waals surface area contributed by atoms with Crippen molar-refractivity contribution in [2.24, 2.45) is 4.99 Å². The molecule has 6 nitrogen and oxygen atoms in total. The molecule has 0 spiro atoms. The van der Waals surface area contributed by atoms with Gasteiger partial charge in [0.15, 0.2) is 5.96 Å². The molecular formula is C23H26IN5O. The highest BCUT2D eigenvalue weighted by molar-refractivity contribution is 14.0. The van der Waals surface area contributed by atoms with Crippen LogP contribution in [-0.2, 0) is 6.54 Å². The highest BCUT2D eigenvalue weighted by Crippen LogP contribution is 2.07. The minimum absolute atomic E-state index is 0. The Labute approximate surface area is 194 Å². The largest absolute Gasteiger partial charge is 0.354 e. The fourth-order valence-electron chi connectivity index (χ4n) is 2.62. The Bertz CT molecular complexity index is 931. The number of aromatic nitrogens is 1. The lowest BCUT2D eigenvalue weighted by atomic mass is 10.1. The first-order chi connectivity index (χ1) is 14.2. The van der Waals surface area contributed by atoms with Gasteiger partial charge in [0.2, 0.25) is 0 Å². The summed E-state index contributed by atoms with van der Waals surface area (Å²) in [5.41, 5.74) is 3.85. The third-order valence-corrected chi connectivity index (χ3v) is 4.20. The number of halogens is 1. The summed E-state index contributed by atoms with van der Waals surface area (Å²) in [5.74, 6) is 0.515. The number of aliphatic imine (C=N–C) groups is 1. The standard InChI is InChI=1S/C23H25N5O.HI/c1-18-9-11-19(12-10-18)16-27-23(28-21-7-3-2-4-8-21)26-15-14-25-22(29)20-6-5-13-24-17-20;/h2-13,17H,14-16H2,1H3,(H,25,29)(H2,26,27,28);1H. The number of hydrogen-bond acceptors (Lipinski definition) is 3. The fraction of sp³-hybridized carbons (Fsp3) is 0.174. The van der Waals surface area contributed by atoms with Crippen LogP contribution in [0, 0.1) is 6.92 Å². The predicted molar refractivity (Wildman–Crippen MR) is 132 cm³/mol. The van der Waals surface area contributed by atoms with Crippen LogP contribution in [-0.4, -0.2) is 29.9 Å². The number of guanidine groups is 1. The molecule has 30 heavy (non-hydrogen) atoms. The first-order valence-electron chi connectivity index (χ1n) is 9.55. The number of anilines is 1. The Kier molecular flexibility index (Phi) is 9.79. The van der Waals surface area contributed by atoms with Crippen LogP contribution >= 0.6 is 24.0 Å². The Hall–Kier alpha value is -2.94. The first-order valence-corrected chi connectivity index (χ1v) is 9.55. The molecular weight excluding hydrogens is 489 g/mol. The van der Waals surface area contributed by atoms with Crippen LogP contribution in [0.1, 0.15) is 21.5 Å². The summed E-state index contributed by atoms with van der Waals surface area (Å²) in [6, 6.07) is 21.7. The molecule has 0 fully saturated rings. The molecule has 0 radical (unpaired) electrons. The van der Waals surface area contributed by atoms with E-state index in [1.54, 1.807) is 24.5 Å². The molecule has 1 heterocycles. The number of nitrogens with zero attached hydrogens (tertiary/aromatic N) is 2. The molecule has 1 amide bonds. The average Bonchev–Trinajstić information content (AvgIpc) is 2.77. The normalized spacial score (nSPS) is 10.6. The van der Waals surface area contributed by atoms with Crippen LogP contribution in [0.5, 0.6) is 0 Å². The second-order valence-corrected chi connectivity index (χ2v) is 6.57. The van der Waals surface area contributed by atoms with Crippen molar-refractivity contribution >= 4 is 41.5 Å². The van der Waals surface area contributed by atoms with E-state index in [0.717, 1.165) is 11.3 Å². The number of aryl methyl sites for hydroxylation is 1. The van der Waals surface area contributed by atoms with E-state index in [9.17, 15) is 4.79 Å². The molecule has 0 bridgehead atoms. The van der Waals surface area contributed by atoms with Crippen LogP contribution in [0.2, 0.25) is 0 Å². The zero-order valence-electron chi connectivity index (χ0n) is 16.8. The van der Waals surface area contributed by atoms with E-state index in [-0.39, 0.29) is 29.9 Å². The SMILES string of the molecule is Cc1ccc(CN=C(NCCNC(=O)c2cccnc2)Nc2ccccc2)cc1.I. The maximum atomic E-state index is 12.1. The zero-order valence-corrected chi connectivity index (χ0v) is 19.2. The van der Waals surface area contributed by atoms with Gasteiger partial charge in [0, 0.05) is 31.2 Å². The van der Waals surface area contributed by atoms with E-state index < -0.39 is 0 Å². The minimum atomic E-state index is -0.144. The summed E-state index contributed by atoms with van der Waals surface area (Å²) in [6.07, 6.45) is 3.19. The maximum absolute atomic E-state index is 12.1. The monoisotopic (exact) mass is 515 g/mol. The second kappa shape index (κ2) is 12.6. The summed E-state index contributed by atoms with van der Waals surface area (Å²) >= 11 is 0. The number of hydrogen-bond donors (Lipinski definition) is 3. The lowest BCUT2D eigenvalue weighted by Crippen LogP contribution is -2.38. The topological polar surface area (TPSA) is 78.4 Å². The fourth-order valence-corrected chi connectivity index (χ4v) is 2.62. The van der Waals surface area contributed by atoms with Gasteiger partial charge in [-0.2, -0.15) is 0 Å². The highest BCUT2D eigenvalue weighted by Gasteiger charge is 2.05. The van der Waals surface area contributed by atoms with Gasteiger partial charge in [-0.3, -0.25) is 9.78 Å². The van der Waals surface area contributed by atoms with Gasteiger partial charge in [-0.25, -0.2) is 4.99 Å². The Morgan fingerprint density at radius 1 is 0.933 bits per heavy atom. The molecule has 0 aliphatic rings. The number of rotatable bonds is 7. The number of benzene rings is 2. The molecule has 3 aromatic rings. The van der Waals surface area contributed by atoms with E-state index in [1.165, 1.54) is 5.56 Å². The summed E-state index contributed by atoms with van der Waals surface area (Å²) in [6.45, 7) is 3.63. The maximum Gasteiger partial charge on any atom is 0.252 e. The van der Waals surface area contributed by atoms with Crippen molar-refractivity contribution in [1.82, 2.24) is 15.6 Å². The van der Waals surface area contributed by atoms with Crippen molar-refractivity contribution in [2.45, 2.75) is 13.5 Å². The van der Waals surface area contributed by atoms with Crippen molar-refractivity contribution in [3.8, 4) is 0 Å². The van der Waals surface area contributed by atoms with E-state index in [2.05, 4.69) is 57.1 Å². The van der Waals surface area contributed by atoms with Gasteiger partial charge in [0.1, 0.15) is 0 Å². The number of para-hydroxylation sites is 1. The molecule has 0 aliphatic carbocycles. The summed E-state index contributed by atoms with van der Waals surface area (Å²) in [4.78, 5) is 20.7. The van der Waals surface area contributed by atoms with E-state index >= 15 is 0 Å². The van der Waals surface area contributed by atoms with Gasteiger partial charge in [-0.1, -0.05) is 48.0 Å². The molecule has 156 valence electrons. The van der Waals surface area contributed by atoms with Gasteiger partial charge in [0.05, 0.1) is 12.1 Å². The third kappa shape index (κ3) is 7.82. The van der Waals surface area contributed by atoms with Gasteiger partial charge < -0.3 is 16.0 Å². The van der Waals surface area contributed by atoms with Crippen LogP contribution in [0.25, 0.3) is 0 Å². The number of carbonyl (C=O) groups is 1. The number of carbonyl (C=O) groups excluding carboxylic acids is 1. The van der Waals surface area contributed by atoms with Crippen LogP contribution in [0.3, 0.4) is 0 Å². The van der Waals surface area contributed by atoms with Crippen molar-refractivity contribution < 1.29 is 4.79 Å². The molecule has 0 saturated carbocycles. The summed E-state index contributed by atoms with van der Waals surface area (Å²) in [5, 5.41) is 9.44. The zero-order chi connectivity index (χ0) is 20.3. The minimum Gasteiger partial charge on any atom is -0.354 e. The second-order valence-electron chi connectivity index (χ2n) is 6.57. The summed E-state index contributed by atoms with van der Waals surface area (Å²) in [7, 11) is 0. The van der Waals surface area contributed by atoms with E-state index in [0.29, 0.717) is 31.2 Å². The Morgan fingerprint density at radius 2 is 1.67 bits per heavy atom. The molecule has 7 heteroatoms. The van der Waals surface area contributed by atoms with Crippen LogP contribution in [0.4, 0.5) is 5.69 Å². The van der Waals surface area contributed by atoms with Crippen molar-refractivity contribution in [1.29, 1.82) is 0 Å². The Morgan fingerprint density at radius 3 is 2.37 bits per heavy atom. The van der Waals surface area contributed by atoms with E-state index in [4.69, 9.17) is 0 Å². The number of pyridine rings is 1. The summed E-state index contributed by atoms with van der Waals surface area (Å²) < 4.78 is 0. The number of amides is 1. The molecule has 0 atom stereocenters. The third-order valence-electron chi connectivity index (χ3n) is 4.20. The molecule has 1 aromatic heterocycles. The lowest BCUT2D eigenvalue weighted by molar-refractivity contribution is 0.0954. The molecule has 3 N–H and O–H groups in total. The van der Waals surface area contributed by atoms with Gasteiger partial charge in [-0.15, -0.1) is 24.0 Å². The molecule has 0 saturated heterocycles. The van der Waals surface area contributed by atoms with Crippen LogP contribution < -0.4 is 16.0 Å². The van der Waals surface area contributed by atoms with Crippen LogP contribution in [0.15, 0.2) is 84.1 Å². The average molecular weight is 515 g/mol. The van der Waals surface area contributed by atoms with Crippen molar-refractivity contribution in [3.63, 3.8) is 0 Å².